The molecule has 0 aromatic carbocycles. The molecule has 0 bridgehead atoms. The molecule has 0 saturated carbocycles. The summed E-state index contributed by atoms with van der Waals surface area (Å²) in [5.41, 5.74) is -0.0385. The fourth-order valence-corrected chi connectivity index (χ4v) is 1.23. The summed E-state index contributed by atoms with van der Waals surface area (Å²) in [5, 5.41) is 14.5. The molecule has 2 amide bonds. The Hall–Kier alpha value is -2.11. The number of rotatable bonds is 5. The highest BCUT2D eigenvalue weighted by atomic mass is 16.3. The van der Waals surface area contributed by atoms with Crippen molar-refractivity contribution in [3.8, 4) is 5.75 Å². The van der Waals surface area contributed by atoms with Gasteiger partial charge >= 0.3 is 0 Å². The van der Waals surface area contributed by atoms with Crippen molar-refractivity contribution in [3.05, 3.63) is 24.0 Å². The first kappa shape index (κ1) is 13.0. The third-order valence-corrected chi connectivity index (χ3v) is 2.01. The van der Waals surface area contributed by atoms with Gasteiger partial charge in [0.1, 0.15) is 5.75 Å². The molecule has 92 valence electrons. The first-order chi connectivity index (χ1) is 8.15. The average molecular weight is 237 g/mol. The molecule has 1 aromatic heterocycles. The number of hydrogen-bond acceptors (Lipinski definition) is 4. The van der Waals surface area contributed by atoms with E-state index in [1.807, 2.05) is 6.92 Å². The Morgan fingerprint density at radius 3 is 2.82 bits per heavy atom. The number of nitrogens with one attached hydrogen (secondary N) is 2. The van der Waals surface area contributed by atoms with Gasteiger partial charge in [0, 0.05) is 25.7 Å². The van der Waals surface area contributed by atoms with Crippen LogP contribution in [0.2, 0.25) is 0 Å². The van der Waals surface area contributed by atoms with E-state index in [0.29, 0.717) is 6.54 Å². The van der Waals surface area contributed by atoms with Crippen LogP contribution >= 0.6 is 0 Å². The molecule has 0 spiro atoms. The van der Waals surface area contributed by atoms with Gasteiger partial charge in [0.05, 0.1) is 0 Å². The lowest BCUT2D eigenvalue weighted by atomic mass is 10.3. The van der Waals surface area contributed by atoms with Crippen LogP contribution in [0.4, 0.5) is 0 Å². The summed E-state index contributed by atoms with van der Waals surface area (Å²) in [4.78, 5) is 26.4. The first-order valence-electron chi connectivity index (χ1n) is 5.34. The van der Waals surface area contributed by atoms with Gasteiger partial charge in [0.2, 0.25) is 5.91 Å². The van der Waals surface area contributed by atoms with E-state index in [1.165, 1.54) is 18.3 Å². The van der Waals surface area contributed by atoms with Crippen molar-refractivity contribution < 1.29 is 14.7 Å². The summed E-state index contributed by atoms with van der Waals surface area (Å²) in [6.07, 6.45) is 1.62. The molecule has 0 aliphatic heterocycles. The zero-order valence-electron chi connectivity index (χ0n) is 9.56. The second kappa shape index (κ2) is 6.47. The minimum Gasteiger partial charge on any atom is -0.505 e. The van der Waals surface area contributed by atoms with E-state index in [4.69, 9.17) is 0 Å². The van der Waals surface area contributed by atoms with Crippen LogP contribution < -0.4 is 10.6 Å². The quantitative estimate of drug-likeness (QED) is 0.674. The zero-order valence-corrected chi connectivity index (χ0v) is 9.56. The zero-order chi connectivity index (χ0) is 12.7. The van der Waals surface area contributed by atoms with Crippen LogP contribution in [0.15, 0.2) is 18.3 Å². The number of carbonyl (C=O) groups excluding carboxylic acids is 2. The van der Waals surface area contributed by atoms with E-state index in [9.17, 15) is 14.7 Å². The standard InChI is InChI=1S/C11H15N3O3/c1-2-12-9(16)5-7-14-11(17)10-8(15)4-3-6-13-10/h3-4,6,15H,2,5,7H2,1H3,(H,12,16)(H,14,17). The van der Waals surface area contributed by atoms with Crippen LogP contribution in [0, 0.1) is 0 Å². The van der Waals surface area contributed by atoms with E-state index in [2.05, 4.69) is 15.6 Å². The minimum atomic E-state index is -0.493. The van der Waals surface area contributed by atoms with Gasteiger partial charge in [-0.25, -0.2) is 4.98 Å². The van der Waals surface area contributed by atoms with Gasteiger partial charge in [-0.2, -0.15) is 0 Å². The predicted octanol–water partition coefficient (Wildman–Crippen LogP) is 0.0432. The number of carbonyl (C=O) groups is 2. The van der Waals surface area contributed by atoms with Gasteiger partial charge < -0.3 is 15.7 Å². The van der Waals surface area contributed by atoms with Gasteiger partial charge in [0.25, 0.3) is 5.91 Å². The van der Waals surface area contributed by atoms with Crippen LogP contribution in [0.3, 0.4) is 0 Å². The third-order valence-electron chi connectivity index (χ3n) is 2.01. The van der Waals surface area contributed by atoms with E-state index < -0.39 is 5.91 Å². The van der Waals surface area contributed by atoms with E-state index >= 15 is 0 Å². The Bertz CT molecular complexity index is 407. The molecule has 0 aliphatic rings. The van der Waals surface area contributed by atoms with Crippen molar-refractivity contribution in [2.45, 2.75) is 13.3 Å². The molecular formula is C11H15N3O3. The molecule has 0 fully saturated rings. The minimum absolute atomic E-state index is 0.0385. The molecule has 1 aromatic rings. The summed E-state index contributed by atoms with van der Waals surface area (Å²) in [6.45, 7) is 2.59. The van der Waals surface area contributed by atoms with Gasteiger partial charge in [0.15, 0.2) is 5.69 Å². The van der Waals surface area contributed by atoms with Crippen molar-refractivity contribution in [1.29, 1.82) is 0 Å². The van der Waals surface area contributed by atoms with Crippen LogP contribution in [-0.4, -0.2) is 35.0 Å². The Morgan fingerprint density at radius 1 is 1.41 bits per heavy atom. The molecule has 0 atom stereocenters. The van der Waals surface area contributed by atoms with Gasteiger partial charge in [-0.15, -0.1) is 0 Å². The number of amides is 2. The van der Waals surface area contributed by atoms with Gasteiger partial charge in [-0.1, -0.05) is 0 Å². The van der Waals surface area contributed by atoms with Crippen LogP contribution in [0.5, 0.6) is 5.75 Å². The maximum atomic E-state index is 11.5. The molecule has 0 radical (unpaired) electrons. The molecule has 1 heterocycles. The highest BCUT2D eigenvalue weighted by Gasteiger charge is 2.11. The van der Waals surface area contributed by atoms with E-state index in [1.54, 1.807) is 0 Å². The largest absolute Gasteiger partial charge is 0.505 e. The molecule has 17 heavy (non-hydrogen) atoms. The number of pyridine rings is 1. The smallest absolute Gasteiger partial charge is 0.273 e. The normalized spacial score (nSPS) is 9.71. The summed E-state index contributed by atoms with van der Waals surface area (Å²) in [7, 11) is 0. The van der Waals surface area contributed by atoms with Crippen molar-refractivity contribution in [2.75, 3.05) is 13.1 Å². The third kappa shape index (κ3) is 4.10. The highest BCUT2D eigenvalue weighted by Crippen LogP contribution is 2.11. The second-order valence-corrected chi connectivity index (χ2v) is 3.33. The molecule has 3 N–H and O–H groups in total. The summed E-state index contributed by atoms with van der Waals surface area (Å²) in [5.74, 6) is -0.798. The monoisotopic (exact) mass is 237 g/mol. The van der Waals surface area contributed by atoms with Crippen molar-refractivity contribution in [1.82, 2.24) is 15.6 Å². The molecule has 6 nitrogen and oxygen atoms in total. The predicted molar refractivity (Wildman–Crippen MR) is 61.5 cm³/mol. The number of aromatic nitrogens is 1. The lowest BCUT2D eigenvalue weighted by Crippen LogP contribution is -2.31. The number of hydrogen-bond donors (Lipinski definition) is 3. The van der Waals surface area contributed by atoms with Crippen molar-refractivity contribution in [2.24, 2.45) is 0 Å². The van der Waals surface area contributed by atoms with Gasteiger partial charge in [-0.3, -0.25) is 9.59 Å². The van der Waals surface area contributed by atoms with Crippen molar-refractivity contribution >= 4 is 11.8 Å². The Kier molecular flexibility index (Phi) is 4.93. The van der Waals surface area contributed by atoms with Crippen LogP contribution in [0.1, 0.15) is 23.8 Å². The highest BCUT2D eigenvalue weighted by molar-refractivity contribution is 5.94. The molecule has 1 rings (SSSR count). The number of aromatic hydroxyl groups is 1. The summed E-state index contributed by atoms with van der Waals surface area (Å²) >= 11 is 0. The van der Waals surface area contributed by atoms with Gasteiger partial charge in [-0.05, 0) is 19.1 Å². The maximum absolute atomic E-state index is 11.5. The molecule has 0 saturated heterocycles. The van der Waals surface area contributed by atoms with Crippen LogP contribution in [0.25, 0.3) is 0 Å². The van der Waals surface area contributed by atoms with Crippen molar-refractivity contribution in [3.63, 3.8) is 0 Å². The second-order valence-electron chi connectivity index (χ2n) is 3.33. The maximum Gasteiger partial charge on any atom is 0.273 e. The fourth-order valence-electron chi connectivity index (χ4n) is 1.23. The molecule has 0 unspecified atom stereocenters. The lowest BCUT2D eigenvalue weighted by Gasteiger charge is -2.05. The first-order valence-corrected chi connectivity index (χ1v) is 5.34. The Labute approximate surface area is 99.1 Å². The summed E-state index contributed by atoms with van der Waals surface area (Å²) < 4.78 is 0. The Morgan fingerprint density at radius 2 is 2.18 bits per heavy atom. The Balaban J connectivity index is 2.41. The molecular weight excluding hydrogens is 222 g/mol. The average Bonchev–Trinajstić information content (AvgIpc) is 2.29. The SMILES string of the molecule is CCNC(=O)CCNC(=O)c1ncccc1O. The summed E-state index contributed by atoms with van der Waals surface area (Å²) in [6, 6.07) is 2.91. The fraction of sp³-hybridized carbons (Fsp3) is 0.364. The lowest BCUT2D eigenvalue weighted by molar-refractivity contribution is -0.120. The van der Waals surface area contributed by atoms with E-state index in [0.717, 1.165) is 0 Å². The number of nitrogens with zero attached hydrogens (tertiary/aromatic N) is 1. The van der Waals surface area contributed by atoms with Crippen LogP contribution in [-0.2, 0) is 4.79 Å². The van der Waals surface area contributed by atoms with E-state index in [-0.39, 0.29) is 30.3 Å². The molecule has 6 heteroatoms. The topological polar surface area (TPSA) is 91.3 Å². The molecule has 0 aliphatic carbocycles.